The van der Waals surface area contributed by atoms with Crippen LogP contribution in [0, 0.1) is 5.82 Å². The average Bonchev–Trinajstić information content (AvgIpc) is 3.05. The summed E-state index contributed by atoms with van der Waals surface area (Å²) in [7, 11) is 0. The molecule has 2 amide bonds. The number of nitrogens with one attached hydrogen (secondary N) is 2. The van der Waals surface area contributed by atoms with Crippen LogP contribution in [0.5, 0.6) is 0 Å². The first-order valence-corrected chi connectivity index (χ1v) is 8.24. The number of nitrogens with zero attached hydrogens (tertiary/aromatic N) is 2. The lowest BCUT2D eigenvalue weighted by molar-refractivity contribution is 0.250. The van der Waals surface area contributed by atoms with Gasteiger partial charge in [0, 0.05) is 17.3 Å². The number of hydrogen-bond donors (Lipinski definition) is 2. The fourth-order valence-electron chi connectivity index (χ4n) is 2.39. The molecule has 1 aromatic heterocycles. The van der Waals surface area contributed by atoms with Crippen molar-refractivity contribution in [1.29, 1.82) is 0 Å². The van der Waals surface area contributed by atoms with Gasteiger partial charge < -0.3 is 15.2 Å². The Morgan fingerprint density at radius 1 is 1.19 bits per heavy atom. The smallest absolute Gasteiger partial charge is 0.319 e. The summed E-state index contributed by atoms with van der Waals surface area (Å²) >= 11 is 0. The molecule has 2 aromatic carbocycles. The molecule has 0 unspecified atom stereocenters. The zero-order chi connectivity index (χ0) is 18.5. The summed E-state index contributed by atoms with van der Waals surface area (Å²) < 4.78 is 18.2. The van der Waals surface area contributed by atoms with Crippen LogP contribution in [0.4, 0.5) is 14.9 Å². The summed E-state index contributed by atoms with van der Waals surface area (Å²) in [5, 5.41) is 9.50. The molecular formula is C19H19FN4O2. The van der Waals surface area contributed by atoms with Crippen LogP contribution in [-0.2, 0) is 6.42 Å². The Morgan fingerprint density at radius 3 is 2.69 bits per heavy atom. The quantitative estimate of drug-likeness (QED) is 0.726. The fraction of sp³-hybridized carbons (Fsp3) is 0.211. The molecule has 6 nitrogen and oxygen atoms in total. The van der Waals surface area contributed by atoms with E-state index < -0.39 is 0 Å². The summed E-state index contributed by atoms with van der Waals surface area (Å²) in [6.45, 7) is 3.77. The highest BCUT2D eigenvalue weighted by atomic mass is 19.1. The van der Waals surface area contributed by atoms with Crippen molar-refractivity contribution in [3.63, 3.8) is 0 Å². The number of rotatable bonds is 5. The number of hydrogen-bond acceptors (Lipinski definition) is 4. The maximum atomic E-state index is 13.0. The highest BCUT2D eigenvalue weighted by molar-refractivity contribution is 5.90. The summed E-state index contributed by atoms with van der Waals surface area (Å²) in [5.41, 5.74) is 2.23. The number of urea groups is 1. The van der Waals surface area contributed by atoms with E-state index in [0.717, 1.165) is 11.1 Å². The molecule has 0 atom stereocenters. The predicted molar refractivity (Wildman–Crippen MR) is 96.2 cm³/mol. The van der Waals surface area contributed by atoms with Crippen LogP contribution in [0.2, 0.25) is 0 Å². The van der Waals surface area contributed by atoms with Crippen molar-refractivity contribution in [1.82, 2.24) is 15.5 Å². The van der Waals surface area contributed by atoms with Gasteiger partial charge in [-0.3, -0.25) is 0 Å². The van der Waals surface area contributed by atoms with Crippen LogP contribution in [0.3, 0.4) is 0 Å². The predicted octanol–water partition coefficient (Wildman–Crippen LogP) is 4.00. The third-order valence-electron chi connectivity index (χ3n) is 3.54. The van der Waals surface area contributed by atoms with E-state index in [9.17, 15) is 9.18 Å². The molecule has 3 aromatic rings. The van der Waals surface area contributed by atoms with Gasteiger partial charge >= 0.3 is 6.03 Å². The molecule has 26 heavy (non-hydrogen) atoms. The van der Waals surface area contributed by atoms with Gasteiger partial charge in [-0.25, -0.2) is 9.18 Å². The lowest BCUT2D eigenvalue weighted by Crippen LogP contribution is -2.34. The lowest BCUT2D eigenvalue weighted by atomic mass is 10.1. The van der Waals surface area contributed by atoms with Crippen molar-refractivity contribution >= 4 is 11.7 Å². The van der Waals surface area contributed by atoms with Crippen molar-refractivity contribution in [2.45, 2.75) is 26.3 Å². The second-order valence-corrected chi connectivity index (χ2v) is 6.15. The van der Waals surface area contributed by atoms with Crippen LogP contribution in [0.15, 0.2) is 53.1 Å². The highest BCUT2D eigenvalue weighted by Gasteiger charge is 2.11. The molecular weight excluding hydrogens is 335 g/mol. The molecule has 1 heterocycles. The van der Waals surface area contributed by atoms with Gasteiger partial charge in [-0.1, -0.05) is 29.4 Å². The maximum Gasteiger partial charge on any atom is 0.319 e. The van der Waals surface area contributed by atoms with Crippen LogP contribution >= 0.6 is 0 Å². The van der Waals surface area contributed by atoms with E-state index in [4.69, 9.17) is 4.52 Å². The molecule has 0 saturated carbocycles. The number of anilines is 1. The van der Waals surface area contributed by atoms with E-state index in [1.165, 1.54) is 12.1 Å². The standard InChI is InChI=1S/C19H19FN4O2/c1-12(2)21-19(25)22-16-5-3-4-14(11-16)18-23-17(26-24-18)10-13-6-8-15(20)9-7-13/h3-9,11-12H,10H2,1-2H3,(H2,21,22,25). The maximum absolute atomic E-state index is 13.0. The molecule has 2 N–H and O–H groups in total. The number of carbonyl (C=O) groups excluding carboxylic acids is 1. The Balaban J connectivity index is 1.71. The van der Waals surface area contributed by atoms with E-state index in [1.807, 2.05) is 19.9 Å². The van der Waals surface area contributed by atoms with Gasteiger partial charge in [-0.2, -0.15) is 4.98 Å². The Bertz CT molecular complexity index is 891. The number of carbonyl (C=O) groups is 1. The third kappa shape index (κ3) is 4.66. The Hall–Kier alpha value is -3.22. The van der Waals surface area contributed by atoms with Gasteiger partial charge in [0.25, 0.3) is 0 Å². The van der Waals surface area contributed by atoms with E-state index >= 15 is 0 Å². The normalized spacial score (nSPS) is 10.8. The minimum absolute atomic E-state index is 0.0457. The number of amides is 2. The van der Waals surface area contributed by atoms with Gasteiger partial charge in [-0.15, -0.1) is 0 Å². The third-order valence-corrected chi connectivity index (χ3v) is 3.54. The van der Waals surface area contributed by atoms with Crippen LogP contribution < -0.4 is 10.6 Å². The molecule has 0 bridgehead atoms. The second-order valence-electron chi connectivity index (χ2n) is 6.15. The van der Waals surface area contributed by atoms with Gasteiger partial charge in [-0.05, 0) is 43.7 Å². The number of halogens is 1. The topological polar surface area (TPSA) is 80.0 Å². The first-order chi connectivity index (χ1) is 12.5. The minimum Gasteiger partial charge on any atom is -0.339 e. The highest BCUT2D eigenvalue weighted by Crippen LogP contribution is 2.21. The fourth-order valence-corrected chi connectivity index (χ4v) is 2.39. The van der Waals surface area contributed by atoms with Crippen LogP contribution in [-0.4, -0.2) is 22.2 Å². The molecule has 134 valence electrons. The molecule has 0 aliphatic heterocycles. The molecule has 0 spiro atoms. The summed E-state index contributed by atoms with van der Waals surface area (Å²) in [5.74, 6) is 0.573. The monoisotopic (exact) mass is 354 g/mol. The first kappa shape index (κ1) is 17.6. The van der Waals surface area contributed by atoms with E-state index in [1.54, 1.807) is 30.3 Å². The molecule has 3 rings (SSSR count). The van der Waals surface area contributed by atoms with Crippen molar-refractivity contribution in [3.05, 3.63) is 65.8 Å². The number of aromatic nitrogens is 2. The lowest BCUT2D eigenvalue weighted by Gasteiger charge is -2.10. The molecule has 0 saturated heterocycles. The zero-order valence-electron chi connectivity index (χ0n) is 14.5. The van der Waals surface area contributed by atoms with Gasteiger partial charge in [0.1, 0.15) is 5.82 Å². The van der Waals surface area contributed by atoms with Crippen molar-refractivity contribution in [3.8, 4) is 11.4 Å². The molecule has 0 aliphatic carbocycles. The summed E-state index contributed by atoms with van der Waals surface area (Å²) in [6, 6.07) is 13.1. The van der Waals surface area contributed by atoms with E-state index in [0.29, 0.717) is 23.8 Å². The first-order valence-electron chi connectivity index (χ1n) is 8.24. The minimum atomic E-state index is -0.286. The van der Waals surface area contributed by atoms with Crippen LogP contribution in [0.1, 0.15) is 25.3 Å². The second kappa shape index (κ2) is 7.77. The zero-order valence-corrected chi connectivity index (χ0v) is 14.5. The van der Waals surface area contributed by atoms with Gasteiger partial charge in [0.05, 0.1) is 6.42 Å². The Kier molecular flexibility index (Phi) is 5.26. The summed E-state index contributed by atoms with van der Waals surface area (Å²) in [6.07, 6.45) is 0.419. The van der Waals surface area contributed by atoms with E-state index in [2.05, 4.69) is 20.8 Å². The molecule has 0 aliphatic rings. The van der Waals surface area contributed by atoms with Gasteiger partial charge in [0.2, 0.25) is 11.7 Å². The molecule has 7 heteroatoms. The van der Waals surface area contributed by atoms with Crippen molar-refractivity contribution in [2.24, 2.45) is 0 Å². The Morgan fingerprint density at radius 2 is 1.96 bits per heavy atom. The molecule has 0 radical (unpaired) electrons. The van der Waals surface area contributed by atoms with Gasteiger partial charge in [0.15, 0.2) is 0 Å². The molecule has 0 fully saturated rings. The summed E-state index contributed by atoms with van der Waals surface area (Å²) in [4.78, 5) is 16.2. The van der Waals surface area contributed by atoms with E-state index in [-0.39, 0.29) is 17.9 Å². The van der Waals surface area contributed by atoms with Crippen LogP contribution in [0.25, 0.3) is 11.4 Å². The SMILES string of the molecule is CC(C)NC(=O)Nc1cccc(-c2noc(Cc3ccc(F)cc3)n2)c1. The number of benzene rings is 2. The average molecular weight is 354 g/mol. The Labute approximate surface area is 150 Å². The van der Waals surface area contributed by atoms with Crippen molar-refractivity contribution < 1.29 is 13.7 Å². The van der Waals surface area contributed by atoms with Crippen molar-refractivity contribution in [2.75, 3.05) is 5.32 Å². The largest absolute Gasteiger partial charge is 0.339 e.